The van der Waals surface area contributed by atoms with Crippen LogP contribution in [0.25, 0.3) is 0 Å². The number of hydrogen-bond donors (Lipinski definition) is 2. The summed E-state index contributed by atoms with van der Waals surface area (Å²) in [7, 11) is -3.43. The third kappa shape index (κ3) is 4.81. The predicted molar refractivity (Wildman–Crippen MR) is 82.9 cm³/mol. The van der Waals surface area contributed by atoms with Crippen molar-refractivity contribution in [2.45, 2.75) is 52.0 Å². The molecule has 0 radical (unpaired) electrons. The summed E-state index contributed by atoms with van der Waals surface area (Å²) >= 11 is 0. The Hall–Kier alpha value is -1.41. The molecule has 1 unspecified atom stereocenters. The van der Waals surface area contributed by atoms with E-state index < -0.39 is 21.8 Å². The summed E-state index contributed by atoms with van der Waals surface area (Å²) in [5.41, 5.74) is -0.209. The predicted octanol–water partition coefficient (Wildman–Crippen LogP) is 1.63. The van der Waals surface area contributed by atoms with Gasteiger partial charge in [-0.25, -0.2) is 13.1 Å². The van der Waals surface area contributed by atoms with Crippen LogP contribution in [0.1, 0.15) is 46.3 Å². The van der Waals surface area contributed by atoms with Crippen LogP contribution in [-0.4, -0.2) is 31.3 Å². The lowest BCUT2D eigenvalue weighted by molar-refractivity contribution is -0.118. The standard InChI is InChI=1S/C14H23N3O4S/c1-9(8-22(19,20)17-10-5-6-10)13(18)15-12-7-11(21-16-12)14(2,3)4/h7,9-10,17H,5-6,8H2,1-4H3,(H,15,16,18). The fourth-order valence-electron chi connectivity index (χ4n) is 1.85. The number of carbonyl (C=O) groups is 1. The maximum Gasteiger partial charge on any atom is 0.229 e. The number of aromatic nitrogens is 1. The summed E-state index contributed by atoms with van der Waals surface area (Å²) in [6.45, 7) is 7.49. The van der Waals surface area contributed by atoms with Crippen LogP contribution >= 0.6 is 0 Å². The van der Waals surface area contributed by atoms with E-state index in [-0.39, 0.29) is 17.2 Å². The van der Waals surface area contributed by atoms with Gasteiger partial charge in [0.1, 0.15) is 5.76 Å². The number of nitrogens with zero attached hydrogens (tertiary/aromatic N) is 1. The van der Waals surface area contributed by atoms with Crippen molar-refractivity contribution in [1.29, 1.82) is 0 Å². The molecule has 1 aliphatic rings. The second-order valence-electron chi connectivity index (χ2n) is 6.89. The van der Waals surface area contributed by atoms with Crippen LogP contribution < -0.4 is 10.0 Å². The van der Waals surface area contributed by atoms with Crippen molar-refractivity contribution in [3.63, 3.8) is 0 Å². The summed E-state index contributed by atoms with van der Waals surface area (Å²) in [4.78, 5) is 12.1. The lowest BCUT2D eigenvalue weighted by atomic mass is 9.93. The number of sulfonamides is 1. The third-order valence-corrected chi connectivity index (χ3v) is 4.97. The number of amides is 1. The Labute approximate surface area is 130 Å². The molecule has 8 heteroatoms. The highest BCUT2D eigenvalue weighted by Gasteiger charge is 2.30. The number of nitrogens with one attached hydrogen (secondary N) is 2. The lowest BCUT2D eigenvalue weighted by Crippen LogP contribution is -2.35. The van der Waals surface area contributed by atoms with E-state index in [1.165, 1.54) is 0 Å². The topological polar surface area (TPSA) is 101 Å². The van der Waals surface area contributed by atoms with Crippen LogP contribution in [0.15, 0.2) is 10.6 Å². The van der Waals surface area contributed by atoms with Crippen molar-refractivity contribution in [3.8, 4) is 0 Å². The first-order valence-corrected chi connectivity index (χ1v) is 9.00. The Bertz CT molecular complexity index is 641. The van der Waals surface area contributed by atoms with Gasteiger partial charge in [0.25, 0.3) is 0 Å². The molecule has 0 bridgehead atoms. The molecular weight excluding hydrogens is 306 g/mol. The minimum absolute atomic E-state index is 0.0464. The van der Waals surface area contributed by atoms with Gasteiger partial charge in [-0.05, 0) is 12.8 Å². The maximum absolute atomic E-state index is 12.1. The summed E-state index contributed by atoms with van der Waals surface area (Å²) in [6.07, 6.45) is 1.74. The first-order chi connectivity index (χ1) is 10.1. The molecule has 1 aliphatic carbocycles. The highest BCUT2D eigenvalue weighted by atomic mass is 32.2. The quantitative estimate of drug-likeness (QED) is 0.826. The third-order valence-electron chi connectivity index (χ3n) is 3.34. The highest BCUT2D eigenvalue weighted by Crippen LogP contribution is 2.24. The van der Waals surface area contributed by atoms with Gasteiger partial charge in [0.15, 0.2) is 5.82 Å². The Balaban J connectivity index is 1.92. The van der Waals surface area contributed by atoms with Gasteiger partial charge in [0.2, 0.25) is 15.9 Å². The molecule has 22 heavy (non-hydrogen) atoms. The Morgan fingerprint density at radius 2 is 2.09 bits per heavy atom. The second-order valence-corrected chi connectivity index (χ2v) is 8.69. The average molecular weight is 329 g/mol. The first kappa shape index (κ1) is 17.0. The Kier molecular flexibility index (Phi) is 4.62. The van der Waals surface area contributed by atoms with E-state index in [9.17, 15) is 13.2 Å². The molecular formula is C14H23N3O4S. The van der Waals surface area contributed by atoms with Gasteiger partial charge in [-0.3, -0.25) is 4.79 Å². The molecule has 1 aromatic rings. The number of hydrogen-bond acceptors (Lipinski definition) is 5. The molecule has 1 amide bonds. The van der Waals surface area contributed by atoms with Gasteiger partial charge in [-0.2, -0.15) is 0 Å². The van der Waals surface area contributed by atoms with Crippen LogP contribution in [0.5, 0.6) is 0 Å². The van der Waals surface area contributed by atoms with E-state index in [0.717, 1.165) is 12.8 Å². The number of rotatable bonds is 6. The summed E-state index contributed by atoms with van der Waals surface area (Å²) in [5.74, 6) is -0.354. The zero-order valence-corrected chi connectivity index (χ0v) is 14.2. The molecule has 1 atom stereocenters. The van der Waals surface area contributed by atoms with Gasteiger partial charge in [0, 0.05) is 17.5 Å². The van der Waals surface area contributed by atoms with E-state index in [1.807, 2.05) is 20.8 Å². The maximum atomic E-state index is 12.1. The summed E-state index contributed by atoms with van der Waals surface area (Å²) < 4.78 is 31.5. The summed E-state index contributed by atoms with van der Waals surface area (Å²) in [5, 5.41) is 6.38. The molecule has 1 heterocycles. The molecule has 0 spiro atoms. The molecule has 0 aliphatic heterocycles. The van der Waals surface area contributed by atoms with E-state index in [2.05, 4.69) is 15.2 Å². The largest absolute Gasteiger partial charge is 0.359 e. The van der Waals surface area contributed by atoms with Gasteiger partial charge < -0.3 is 9.84 Å². The van der Waals surface area contributed by atoms with Crippen molar-refractivity contribution in [2.75, 3.05) is 11.1 Å². The fourth-order valence-corrected chi connectivity index (χ4v) is 3.49. The molecule has 0 saturated heterocycles. The molecule has 0 aromatic carbocycles. The molecule has 2 N–H and O–H groups in total. The number of carbonyl (C=O) groups excluding carboxylic acids is 1. The number of anilines is 1. The molecule has 2 rings (SSSR count). The van der Waals surface area contributed by atoms with Gasteiger partial charge >= 0.3 is 0 Å². The minimum atomic E-state index is -3.43. The van der Waals surface area contributed by atoms with Crippen LogP contribution in [0.3, 0.4) is 0 Å². The molecule has 124 valence electrons. The Morgan fingerprint density at radius 3 is 2.59 bits per heavy atom. The molecule has 1 aromatic heterocycles. The van der Waals surface area contributed by atoms with E-state index in [1.54, 1.807) is 13.0 Å². The van der Waals surface area contributed by atoms with Crippen LogP contribution in [-0.2, 0) is 20.2 Å². The van der Waals surface area contributed by atoms with E-state index in [4.69, 9.17) is 4.52 Å². The summed E-state index contributed by atoms with van der Waals surface area (Å²) in [6, 6.07) is 1.70. The van der Waals surface area contributed by atoms with Crippen LogP contribution in [0, 0.1) is 5.92 Å². The van der Waals surface area contributed by atoms with Crippen LogP contribution in [0.2, 0.25) is 0 Å². The minimum Gasteiger partial charge on any atom is -0.359 e. The normalized spacial score (nSPS) is 17.3. The van der Waals surface area contributed by atoms with Gasteiger partial charge in [-0.1, -0.05) is 32.9 Å². The fraction of sp³-hybridized carbons (Fsp3) is 0.714. The van der Waals surface area contributed by atoms with Gasteiger partial charge in [-0.15, -0.1) is 0 Å². The highest BCUT2D eigenvalue weighted by molar-refractivity contribution is 7.89. The SMILES string of the molecule is CC(CS(=O)(=O)NC1CC1)C(=O)Nc1cc(C(C)(C)C)on1. The zero-order valence-electron chi connectivity index (χ0n) is 13.3. The second kappa shape index (κ2) is 6.00. The molecule has 1 saturated carbocycles. The smallest absolute Gasteiger partial charge is 0.229 e. The van der Waals surface area contributed by atoms with E-state index >= 15 is 0 Å². The Morgan fingerprint density at radius 1 is 1.45 bits per heavy atom. The monoisotopic (exact) mass is 329 g/mol. The lowest BCUT2D eigenvalue weighted by Gasteiger charge is -2.12. The van der Waals surface area contributed by atoms with Crippen molar-refractivity contribution in [3.05, 3.63) is 11.8 Å². The van der Waals surface area contributed by atoms with Crippen LogP contribution in [0.4, 0.5) is 5.82 Å². The molecule has 7 nitrogen and oxygen atoms in total. The van der Waals surface area contributed by atoms with Crippen molar-refractivity contribution < 1.29 is 17.7 Å². The molecule has 1 fully saturated rings. The van der Waals surface area contributed by atoms with E-state index in [0.29, 0.717) is 11.6 Å². The zero-order chi connectivity index (χ0) is 16.5. The van der Waals surface area contributed by atoms with Crippen molar-refractivity contribution in [2.24, 2.45) is 5.92 Å². The average Bonchev–Trinajstić information content (AvgIpc) is 3.01. The first-order valence-electron chi connectivity index (χ1n) is 7.35. The van der Waals surface area contributed by atoms with Crippen molar-refractivity contribution in [1.82, 2.24) is 9.88 Å². The van der Waals surface area contributed by atoms with Crippen molar-refractivity contribution >= 4 is 21.7 Å². The van der Waals surface area contributed by atoms with Gasteiger partial charge in [0.05, 0.1) is 11.7 Å².